The molecule has 1 aromatic carbocycles. The lowest BCUT2D eigenvalue weighted by Crippen LogP contribution is -2.42. The topological polar surface area (TPSA) is 75.8 Å². The zero-order valence-electron chi connectivity index (χ0n) is 12.0. The average Bonchev–Trinajstić information content (AvgIpc) is 2.70. The van der Waals surface area contributed by atoms with Crippen LogP contribution in [0.2, 0.25) is 0 Å². The first-order chi connectivity index (χ1) is 9.99. The Morgan fingerprint density at radius 3 is 2.43 bits per heavy atom. The normalized spacial score (nSPS) is 22.6. The molecule has 0 saturated carbocycles. The molecule has 2 N–H and O–H groups in total. The zero-order valence-corrected chi connectivity index (χ0v) is 12.8. The van der Waals surface area contributed by atoms with Gasteiger partial charge >= 0.3 is 0 Å². The van der Waals surface area contributed by atoms with Crippen molar-refractivity contribution in [2.45, 2.75) is 25.8 Å². The van der Waals surface area contributed by atoms with E-state index < -0.39 is 10.0 Å². The van der Waals surface area contributed by atoms with Crippen molar-refractivity contribution in [2.24, 2.45) is 10.1 Å². The lowest BCUT2D eigenvalue weighted by Gasteiger charge is -2.31. The number of hydrogen-bond donors (Lipinski definition) is 1. The van der Waals surface area contributed by atoms with Crippen LogP contribution in [0.5, 0.6) is 0 Å². The molecule has 3 rings (SSSR count). The van der Waals surface area contributed by atoms with E-state index in [1.54, 1.807) is 12.1 Å². The van der Waals surface area contributed by atoms with Gasteiger partial charge in [0, 0.05) is 24.7 Å². The Kier molecular flexibility index (Phi) is 3.59. The third kappa shape index (κ3) is 2.61. The Labute approximate surface area is 125 Å². The fourth-order valence-corrected chi connectivity index (χ4v) is 4.37. The maximum Gasteiger partial charge on any atom is 0.285 e. The number of nitrogens with zero attached hydrogens (tertiary/aromatic N) is 2. The maximum atomic E-state index is 12.4. The molecule has 21 heavy (non-hydrogen) atoms. The fraction of sp³-hybridized carbons (Fsp3) is 0.400. The summed E-state index contributed by atoms with van der Waals surface area (Å²) in [6, 6.07) is 9.36. The van der Waals surface area contributed by atoms with Gasteiger partial charge in [0.05, 0.1) is 0 Å². The lowest BCUT2D eigenvalue weighted by atomic mass is 10.0. The molecule has 1 aromatic rings. The summed E-state index contributed by atoms with van der Waals surface area (Å²) >= 11 is 0. The van der Waals surface area contributed by atoms with Gasteiger partial charge in [-0.15, -0.1) is 4.40 Å². The number of rotatable bonds is 1. The number of piperidine rings is 1. The molecule has 2 aliphatic rings. The number of benzene rings is 1. The molecule has 2 aliphatic heterocycles. The summed E-state index contributed by atoms with van der Waals surface area (Å²) in [4.78, 5) is 2.36. The van der Waals surface area contributed by atoms with Gasteiger partial charge in [-0.05, 0) is 25.3 Å². The Morgan fingerprint density at radius 1 is 1.19 bits per heavy atom. The molecule has 2 heterocycles. The first-order valence-electron chi connectivity index (χ1n) is 7.11. The van der Waals surface area contributed by atoms with Gasteiger partial charge in [0.15, 0.2) is 0 Å². The molecule has 5 nitrogen and oxygen atoms in total. The van der Waals surface area contributed by atoms with E-state index in [1.807, 2.05) is 30.0 Å². The van der Waals surface area contributed by atoms with E-state index in [2.05, 4.69) is 4.40 Å². The van der Waals surface area contributed by atoms with Crippen molar-refractivity contribution in [1.82, 2.24) is 4.90 Å². The standard InChI is InChI=1S/C15H19N3O2S/c1-11-14(12-5-3-2-4-6-12)21(19,20)17-15(11)18-9-7-13(16)8-10-18/h2-6,13H,7-10,16H2,1H3. The summed E-state index contributed by atoms with van der Waals surface area (Å²) in [7, 11) is -3.61. The number of likely N-dealkylation sites (tertiary alicyclic amines) is 1. The fourth-order valence-electron chi connectivity index (χ4n) is 2.88. The van der Waals surface area contributed by atoms with Crippen molar-refractivity contribution in [2.75, 3.05) is 13.1 Å². The molecular formula is C15H19N3O2S. The van der Waals surface area contributed by atoms with Crippen LogP contribution in [0, 0.1) is 0 Å². The predicted molar refractivity (Wildman–Crippen MR) is 84.2 cm³/mol. The van der Waals surface area contributed by atoms with Gasteiger partial charge < -0.3 is 10.6 Å². The van der Waals surface area contributed by atoms with Gasteiger partial charge in [0.1, 0.15) is 10.7 Å². The van der Waals surface area contributed by atoms with Crippen molar-refractivity contribution in [3.63, 3.8) is 0 Å². The summed E-state index contributed by atoms with van der Waals surface area (Å²) in [6.07, 6.45) is 1.74. The van der Waals surface area contributed by atoms with Gasteiger partial charge in [-0.25, -0.2) is 0 Å². The highest BCUT2D eigenvalue weighted by Crippen LogP contribution is 2.33. The van der Waals surface area contributed by atoms with Crippen LogP contribution in [0.15, 0.2) is 40.3 Å². The Hall–Kier alpha value is -1.66. The molecule has 1 fully saturated rings. The van der Waals surface area contributed by atoms with Gasteiger partial charge in [-0.3, -0.25) is 0 Å². The number of nitrogens with two attached hydrogens (primary N) is 1. The Balaban J connectivity index is 1.99. The highest BCUT2D eigenvalue weighted by Gasteiger charge is 2.34. The largest absolute Gasteiger partial charge is 0.356 e. The average molecular weight is 305 g/mol. The van der Waals surface area contributed by atoms with Crippen LogP contribution in [-0.2, 0) is 10.0 Å². The molecule has 0 unspecified atom stereocenters. The lowest BCUT2D eigenvalue weighted by molar-refractivity contribution is 0.314. The van der Waals surface area contributed by atoms with E-state index in [-0.39, 0.29) is 6.04 Å². The van der Waals surface area contributed by atoms with Gasteiger partial charge in [0.25, 0.3) is 10.0 Å². The van der Waals surface area contributed by atoms with E-state index in [1.165, 1.54) is 0 Å². The summed E-state index contributed by atoms with van der Waals surface area (Å²) in [5, 5.41) is 0. The minimum Gasteiger partial charge on any atom is -0.356 e. The second-order valence-electron chi connectivity index (χ2n) is 5.53. The number of hydrogen-bond acceptors (Lipinski definition) is 4. The molecule has 0 atom stereocenters. The first kappa shape index (κ1) is 14.3. The third-order valence-electron chi connectivity index (χ3n) is 4.02. The number of sulfonamides is 1. The van der Waals surface area contributed by atoms with E-state index >= 15 is 0 Å². The van der Waals surface area contributed by atoms with Crippen LogP contribution in [0.25, 0.3) is 4.91 Å². The summed E-state index contributed by atoms with van der Waals surface area (Å²) in [5.41, 5.74) is 7.33. The monoisotopic (exact) mass is 305 g/mol. The summed E-state index contributed by atoms with van der Waals surface area (Å²) in [6.45, 7) is 3.35. The Morgan fingerprint density at radius 2 is 1.81 bits per heavy atom. The van der Waals surface area contributed by atoms with Crippen LogP contribution in [0.3, 0.4) is 0 Å². The predicted octanol–water partition coefficient (Wildman–Crippen LogP) is 1.58. The Bertz CT molecular complexity index is 700. The smallest absolute Gasteiger partial charge is 0.285 e. The van der Waals surface area contributed by atoms with Crippen LogP contribution < -0.4 is 5.73 Å². The van der Waals surface area contributed by atoms with Crippen LogP contribution >= 0.6 is 0 Å². The van der Waals surface area contributed by atoms with Crippen molar-refractivity contribution in [3.8, 4) is 0 Å². The van der Waals surface area contributed by atoms with E-state index in [4.69, 9.17) is 5.73 Å². The second-order valence-corrected chi connectivity index (χ2v) is 7.08. The van der Waals surface area contributed by atoms with Crippen molar-refractivity contribution < 1.29 is 8.42 Å². The van der Waals surface area contributed by atoms with E-state index in [0.29, 0.717) is 16.3 Å². The molecule has 0 amide bonds. The highest BCUT2D eigenvalue weighted by atomic mass is 32.2. The molecule has 6 heteroatoms. The van der Waals surface area contributed by atoms with Crippen LogP contribution in [0.4, 0.5) is 0 Å². The molecule has 112 valence electrons. The number of amidine groups is 1. The van der Waals surface area contributed by atoms with E-state index in [9.17, 15) is 8.42 Å². The SMILES string of the molecule is CC1=C(c2ccccc2)S(=O)(=O)N=C1N1CCC(N)CC1. The van der Waals surface area contributed by atoms with Gasteiger partial charge in [-0.1, -0.05) is 30.3 Å². The van der Waals surface area contributed by atoms with Crippen molar-refractivity contribution >= 4 is 20.8 Å². The van der Waals surface area contributed by atoms with Crippen LogP contribution in [0.1, 0.15) is 25.3 Å². The molecular weight excluding hydrogens is 286 g/mol. The molecule has 0 bridgehead atoms. The van der Waals surface area contributed by atoms with Gasteiger partial charge in [0.2, 0.25) is 0 Å². The van der Waals surface area contributed by atoms with Crippen molar-refractivity contribution in [1.29, 1.82) is 0 Å². The second kappa shape index (κ2) is 5.27. The summed E-state index contributed by atoms with van der Waals surface area (Å²) < 4.78 is 28.8. The molecule has 0 aromatic heterocycles. The van der Waals surface area contributed by atoms with E-state index in [0.717, 1.165) is 31.5 Å². The molecule has 0 spiro atoms. The molecule has 1 saturated heterocycles. The van der Waals surface area contributed by atoms with Crippen LogP contribution in [-0.4, -0.2) is 38.3 Å². The minimum atomic E-state index is -3.61. The molecule has 0 aliphatic carbocycles. The van der Waals surface area contributed by atoms with Crippen molar-refractivity contribution in [3.05, 3.63) is 41.5 Å². The maximum absolute atomic E-state index is 12.4. The highest BCUT2D eigenvalue weighted by molar-refractivity contribution is 8.00. The first-order valence-corrected chi connectivity index (χ1v) is 8.55. The third-order valence-corrected chi connectivity index (χ3v) is 5.49. The quantitative estimate of drug-likeness (QED) is 0.855. The minimum absolute atomic E-state index is 0.206. The summed E-state index contributed by atoms with van der Waals surface area (Å²) in [5.74, 6) is 0.584. The zero-order chi connectivity index (χ0) is 15.0. The van der Waals surface area contributed by atoms with Gasteiger partial charge in [-0.2, -0.15) is 8.42 Å². The molecule has 0 radical (unpaired) electrons.